The molecule has 2 N–H and O–H groups in total. The van der Waals surface area contributed by atoms with Crippen LogP contribution in [0.25, 0.3) is 0 Å². The first kappa shape index (κ1) is 36.8. The average molecular weight is 905 g/mol. The van der Waals surface area contributed by atoms with Gasteiger partial charge in [0.15, 0.2) is 0 Å². The molecule has 0 aliphatic carbocycles. The molecule has 0 unspecified atom stereocenters. The molecule has 7 heteroatoms. The number of aromatic hydroxyl groups is 1. The Kier molecular flexibility index (Phi) is 16.0. The van der Waals surface area contributed by atoms with Crippen molar-refractivity contribution >= 4 is 57.6 Å². The van der Waals surface area contributed by atoms with Crippen LogP contribution in [-0.4, -0.2) is 52.8 Å². The number of phenolic OH excluding ortho intramolecular Hbond substituents is 1. The minimum atomic E-state index is -2.17. The summed E-state index contributed by atoms with van der Waals surface area (Å²) in [5.41, 5.74) is 7.42. The Morgan fingerprint density at radius 1 is 1.11 bits per heavy atom. The van der Waals surface area contributed by atoms with Crippen molar-refractivity contribution in [3.63, 3.8) is 0 Å². The van der Waals surface area contributed by atoms with Crippen molar-refractivity contribution in [2.24, 2.45) is 4.99 Å². The molecule has 2 aliphatic heterocycles. The monoisotopic (exact) mass is 905 g/mol. The van der Waals surface area contributed by atoms with Crippen molar-refractivity contribution in [2.45, 2.75) is 100 Å². The second-order valence-electron chi connectivity index (χ2n) is 12.0. The molecule has 1 saturated heterocycles. The molecule has 0 atom stereocenters. The fraction of sp³-hybridized carbons (Fsp3) is 0.486. The molecule has 0 spiro atoms. The minimum Gasteiger partial charge on any atom is -0.0654 e. The number of hydrogen-bond acceptors (Lipinski definition) is 5. The third-order valence-electron chi connectivity index (χ3n) is 7.96. The molecule has 0 saturated carbocycles. The van der Waals surface area contributed by atoms with E-state index in [-0.39, 0.29) is 5.75 Å². The molecule has 0 aromatic heterocycles. The van der Waals surface area contributed by atoms with Gasteiger partial charge in [-0.3, -0.25) is 0 Å². The number of halogens is 1. The Morgan fingerprint density at radius 2 is 1.84 bits per heavy atom. The van der Waals surface area contributed by atoms with Crippen molar-refractivity contribution in [1.29, 1.82) is 0 Å². The maximum absolute atomic E-state index is 11.5. The number of nitrogens with zero attached hydrogens (tertiary/aromatic N) is 1. The van der Waals surface area contributed by atoms with Crippen molar-refractivity contribution in [1.82, 2.24) is 0 Å². The SMILES string of the molecule is C1CCOC1.C=C/C(Cc1cc2cc(c1O)Cc1c(c(C)cc(I)c1[O][Tl]([CH3])[CH3])C=N2)=C(O)\C(=C/CCCCC)CCCC. The number of rotatable bonds is 13. The number of allylic oxidation sites excluding steroid dienone is 4. The number of aliphatic imine (C=N–C) groups is 1. The zero-order chi connectivity index (χ0) is 32.1. The number of fused-ring (bicyclic) bond motifs is 3. The van der Waals surface area contributed by atoms with Crippen LogP contribution >= 0.6 is 22.6 Å². The van der Waals surface area contributed by atoms with E-state index in [1.807, 2.05) is 18.3 Å². The smallest absolute Gasteiger partial charge is 0.0654 e. The number of benzene rings is 2. The van der Waals surface area contributed by atoms with Gasteiger partial charge in [-0.1, -0.05) is 33.1 Å². The Hall–Kier alpha value is -1.66. The van der Waals surface area contributed by atoms with Crippen LogP contribution in [0.3, 0.4) is 0 Å². The van der Waals surface area contributed by atoms with Gasteiger partial charge in [0, 0.05) is 13.2 Å². The van der Waals surface area contributed by atoms with E-state index in [9.17, 15) is 10.2 Å². The van der Waals surface area contributed by atoms with Crippen LogP contribution in [0, 0.1) is 10.5 Å². The molecule has 2 aliphatic rings. The van der Waals surface area contributed by atoms with Gasteiger partial charge >= 0.3 is 207 Å². The van der Waals surface area contributed by atoms with Crippen LogP contribution in [0.5, 0.6) is 11.5 Å². The summed E-state index contributed by atoms with van der Waals surface area (Å²) in [6, 6.07) is 6.06. The first-order valence-electron chi connectivity index (χ1n) is 16.4. The number of ether oxygens (including phenoxy) is 1. The predicted molar refractivity (Wildman–Crippen MR) is 196 cm³/mol. The number of aliphatic hydroxyl groups is 1. The topological polar surface area (TPSA) is 71.3 Å². The van der Waals surface area contributed by atoms with E-state index in [0.29, 0.717) is 18.6 Å². The van der Waals surface area contributed by atoms with Gasteiger partial charge < -0.3 is 4.74 Å². The van der Waals surface area contributed by atoms with Crippen molar-refractivity contribution < 1.29 is 17.6 Å². The van der Waals surface area contributed by atoms with Gasteiger partial charge in [0.1, 0.15) is 0 Å². The second kappa shape index (κ2) is 19.1. The molecule has 0 amide bonds. The first-order chi connectivity index (χ1) is 21.2. The third kappa shape index (κ3) is 10.7. The van der Waals surface area contributed by atoms with Crippen LogP contribution in [0.15, 0.2) is 58.8 Å². The third-order valence-corrected chi connectivity index (χ3v) is 11.5. The average Bonchev–Trinajstić information content (AvgIpc) is 3.58. The zero-order valence-electron chi connectivity index (χ0n) is 27.5. The van der Waals surface area contributed by atoms with Gasteiger partial charge in [0.05, 0.1) is 0 Å². The van der Waals surface area contributed by atoms with E-state index in [1.165, 1.54) is 25.7 Å². The van der Waals surface area contributed by atoms with Crippen LogP contribution in [0.4, 0.5) is 5.69 Å². The van der Waals surface area contributed by atoms with E-state index in [0.717, 1.165) is 99.3 Å². The van der Waals surface area contributed by atoms with Gasteiger partial charge in [0.2, 0.25) is 0 Å². The molecule has 0 radical (unpaired) electrons. The number of phenols is 1. The summed E-state index contributed by atoms with van der Waals surface area (Å²) >= 11 is 0.193. The van der Waals surface area contributed by atoms with Crippen LogP contribution in [0.2, 0.25) is 8.97 Å². The first-order valence-corrected chi connectivity index (χ1v) is 28.3. The molecular formula is C37H51INO4Tl. The van der Waals surface area contributed by atoms with Crippen LogP contribution in [-0.2, 0) is 17.6 Å². The second-order valence-corrected chi connectivity index (χ2v) is 22.2. The van der Waals surface area contributed by atoms with E-state index in [4.69, 9.17) is 12.4 Å². The molecule has 2 aromatic carbocycles. The number of unbranched alkanes of at least 4 members (excludes halogenated alkanes) is 4. The van der Waals surface area contributed by atoms with Gasteiger partial charge in [-0.15, -0.1) is 0 Å². The molecular weight excluding hydrogens is 854 g/mol. The fourth-order valence-electron chi connectivity index (χ4n) is 5.50. The molecule has 238 valence electrons. The van der Waals surface area contributed by atoms with E-state index in [2.05, 4.69) is 71.0 Å². The Labute approximate surface area is 288 Å². The Balaban J connectivity index is 0.000000958. The van der Waals surface area contributed by atoms with Gasteiger partial charge in [-0.05, 0) is 32.1 Å². The summed E-state index contributed by atoms with van der Waals surface area (Å²) in [4.78, 5) is 4.81. The van der Waals surface area contributed by atoms with Crippen molar-refractivity contribution in [3.8, 4) is 11.5 Å². The van der Waals surface area contributed by atoms with Gasteiger partial charge in [-0.2, -0.15) is 0 Å². The molecule has 2 heterocycles. The molecule has 44 heavy (non-hydrogen) atoms. The van der Waals surface area contributed by atoms with E-state index >= 15 is 0 Å². The summed E-state index contributed by atoms with van der Waals surface area (Å²) < 4.78 is 17.0. The van der Waals surface area contributed by atoms with Crippen LogP contribution < -0.4 is 2.69 Å². The fourth-order valence-corrected chi connectivity index (χ4v) is 10.2. The molecule has 4 rings (SSSR count). The Bertz CT molecular complexity index is 1350. The minimum absolute atomic E-state index is 0.257. The van der Waals surface area contributed by atoms with Crippen molar-refractivity contribution in [2.75, 3.05) is 13.2 Å². The molecule has 2 aromatic rings. The zero-order valence-corrected chi connectivity index (χ0v) is 34.1. The predicted octanol–water partition coefficient (Wildman–Crippen LogP) is 10.6. The quantitative estimate of drug-likeness (QED) is 0.0589. The molecule has 5 nitrogen and oxygen atoms in total. The van der Waals surface area contributed by atoms with Crippen molar-refractivity contribution in [3.05, 3.63) is 85.2 Å². The molecule has 1 fully saturated rings. The summed E-state index contributed by atoms with van der Waals surface area (Å²) in [6.45, 7) is 12.5. The number of aliphatic hydroxyl groups excluding tert-OH is 1. The standard InChI is InChI=1S/C31H38INO3.C4H8O.2CH3.Tl/c1-5-8-10-11-13-22(12-9-6-2)29(34)21(7-3)15-23-16-25-17-24(30(23)35)18-26-27(19-33-25)20(4)14-28(32)31(26)36;1-2-4-5-3-1;;;/h7,13-14,16-17,19,34-36H,3,5-6,8-12,15,18H2,1-2,4H3;1-4H2;2*1H3;/q;;;;+1/p-1/b22-13-,29-21-,33-19?;;;;. The summed E-state index contributed by atoms with van der Waals surface area (Å²) in [5.74, 6) is 1.51. The van der Waals surface area contributed by atoms with Gasteiger partial charge in [0.25, 0.3) is 0 Å². The summed E-state index contributed by atoms with van der Waals surface area (Å²) in [5, 5.41) is 22.8. The number of aryl methyl sites for hydroxylation is 1. The van der Waals surface area contributed by atoms with Crippen LogP contribution in [0.1, 0.15) is 99.5 Å². The number of hydrogen-bond donors (Lipinski definition) is 2. The summed E-state index contributed by atoms with van der Waals surface area (Å²) in [7, 11) is 0. The van der Waals surface area contributed by atoms with Gasteiger partial charge in [-0.25, -0.2) is 0 Å². The van der Waals surface area contributed by atoms with E-state index < -0.39 is 23.2 Å². The normalized spacial score (nSPS) is 14.5. The Morgan fingerprint density at radius 3 is 2.45 bits per heavy atom. The molecule has 2 bridgehead atoms. The maximum atomic E-state index is 11.5. The summed E-state index contributed by atoms with van der Waals surface area (Å²) in [6.07, 6.45) is 16.8. The van der Waals surface area contributed by atoms with E-state index in [1.54, 1.807) is 6.08 Å².